The largest absolute Gasteiger partial charge is 0.486 e. The average molecular weight is 455 g/mol. The van der Waals surface area contributed by atoms with Crippen molar-refractivity contribution in [1.29, 1.82) is 0 Å². The van der Waals surface area contributed by atoms with Gasteiger partial charge in [0.25, 0.3) is 0 Å². The monoisotopic (exact) mass is 455 g/mol. The van der Waals surface area contributed by atoms with Crippen molar-refractivity contribution < 1.29 is 32.2 Å². The fraction of sp³-hybridized carbons (Fsp3) is 0.636. The third-order valence-electron chi connectivity index (χ3n) is 6.41. The van der Waals surface area contributed by atoms with Crippen molar-refractivity contribution in [1.82, 2.24) is 15.5 Å². The molecule has 1 atom stereocenters. The van der Waals surface area contributed by atoms with Gasteiger partial charge in [-0.15, -0.1) is 0 Å². The van der Waals surface area contributed by atoms with Crippen LogP contribution in [0.1, 0.15) is 44.1 Å². The summed E-state index contributed by atoms with van der Waals surface area (Å²) in [6.45, 7) is 0.0743. The standard InChI is InChI=1S/C22H28F3N3O4/c23-22(24,25)14-26-20(30)16-4-3-9-28(16)13-19(29)27-21(7-1-2-8-21)15-5-6-17-18(12-15)32-11-10-31-17/h5-6,12,16H,1-4,7-11,13-14H2,(H,26,30)(H,27,29). The van der Waals surface area contributed by atoms with Crippen LogP contribution in [-0.4, -0.2) is 61.8 Å². The predicted molar refractivity (Wildman–Crippen MR) is 109 cm³/mol. The fourth-order valence-electron chi connectivity index (χ4n) is 4.91. The Labute approximate surface area is 184 Å². The molecule has 1 aromatic rings. The molecule has 0 bridgehead atoms. The molecular formula is C22H28F3N3O4. The molecule has 2 aliphatic heterocycles. The third kappa shape index (κ3) is 5.11. The van der Waals surface area contributed by atoms with E-state index in [0.717, 1.165) is 31.2 Å². The number of rotatable bonds is 6. The van der Waals surface area contributed by atoms with E-state index in [2.05, 4.69) is 5.32 Å². The van der Waals surface area contributed by atoms with Crippen molar-refractivity contribution in [3.63, 3.8) is 0 Å². The van der Waals surface area contributed by atoms with Gasteiger partial charge in [-0.2, -0.15) is 13.2 Å². The van der Waals surface area contributed by atoms with Crippen LogP contribution < -0.4 is 20.1 Å². The molecular weight excluding hydrogens is 427 g/mol. The second-order valence-corrected chi connectivity index (χ2v) is 8.66. The van der Waals surface area contributed by atoms with E-state index in [9.17, 15) is 22.8 Å². The minimum atomic E-state index is -4.46. The molecule has 0 spiro atoms. The van der Waals surface area contributed by atoms with Gasteiger partial charge in [0.15, 0.2) is 11.5 Å². The molecule has 2 amide bonds. The summed E-state index contributed by atoms with van der Waals surface area (Å²) in [7, 11) is 0. The molecule has 1 aliphatic carbocycles. The molecule has 7 nitrogen and oxygen atoms in total. The number of benzene rings is 1. The molecule has 10 heteroatoms. The summed E-state index contributed by atoms with van der Waals surface area (Å²) in [5, 5.41) is 5.11. The number of ether oxygens (including phenoxy) is 2. The van der Waals surface area contributed by atoms with Gasteiger partial charge >= 0.3 is 6.18 Å². The highest BCUT2D eigenvalue weighted by molar-refractivity contribution is 5.84. The van der Waals surface area contributed by atoms with E-state index in [1.165, 1.54) is 0 Å². The molecule has 1 aromatic carbocycles. The van der Waals surface area contributed by atoms with Crippen LogP contribution >= 0.6 is 0 Å². The zero-order valence-electron chi connectivity index (χ0n) is 17.8. The molecule has 1 unspecified atom stereocenters. The lowest BCUT2D eigenvalue weighted by Gasteiger charge is -2.33. The van der Waals surface area contributed by atoms with Gasteiger partial charge in [0, 0.05) is 0 Å². The molecule has 0 radical (unpaired) electrons. The molecule has 1 saturated carbocycles. The van der Waals surface area contributed by atoms with E-state index < -0.39 is 30.2 Å². The fourth-order valence-corrected chi connectivity index (χ4v) is 4.91. The lowest BCUT2D eigenvalue weighted by Crippen LogP contribution is -2.51. The minimum Gasteiger partial charge on any atom is -0.486 e. The van der Waals surface area contributed by atoms with Crippen LogP contribution in [0.2, 0.25) is 0 Å². The van der Waals surface area contributed by atoms with E-state index >= 15 is 0 Å². The molecule has 4 rings (SSSR count). The lowest BCUT2D eigenvalue weighted by molar-refractivity contribution is -0.141. The van der Waals surface area contributed by atoms with Gasteiger partial charge in [0.05, 0.1) is 18.1 Å². The number of amides is 2. The van der Waals surface area contributed by atoms with Crippen molar-refractivity contribution in [3.05, 3.63) is 23.8 Å². The van der Waals surface area contributed by atoms with Crippen LogP contribution in [0.4, 0.5) is 13.2 Å². The Balaban J connectivity index is 1.42. The van der Waals surface area contributed by atoms with Gasteiger partial charge in [-0.3, -0.25) is 14.5 Å². The number of fused-ring (bicyclic) bond motifs is 1. The van der Waals surface area contributed by atoms with Crippen molar-refractivity contribution >= 4 is 11.8 Å². The number of carbonyl (C=O) groups excluding carboxylic acids is 2. The first-order chi connectivity index (χ1) is 15.3. The number of nitrogens with one attached hydrogen (secondary N) is 2. The number of nitrogens with zero attached hydrogens (tertiary/aromatic N) is 1. The first-order valence-corrected chi connectivity index (χ1v) is 11.1. The Kier molecular flexibility index (Phi) is 6.50. The summed E-state index contributed by atoms with van der Waals surface area (Å²) >= 11 is 0. The van der Waals surface area contributed by atoms with Crippen molar-refractivity contribution in [2.24, 2.45) is 0 Å². The summed E-state index contributed by atoms with van der Waals surface area (Å²) in [6, 6.07) is 5.00. The Morgan fingerprint density at radius 1 is 1.09 bits per heavy atom. The van der Waals surface area contributed by atoms with Gasteiger partial charge in [-0.1, -0.05) is 18.9 Å². The van der Waals surface area contributed by atoms with Crippen LogP contribution in [0.5, 0.6) is 11.5 Å². The number of halogens is 3. The summed E-state index contributed by atoms with van der Waals surface area (Å²) in [4.78, 5) is 26.9. The summed E-state index contributed by atoms with van der Waals surface area (Å²) in [5.41, 5.74) is 0.425. The topological polar surface area (TPSA) is 79.9 Å². The molecule has 0 aromatic heterocycles. The lowest BCUT2D eigenvalue weighted by atomic mass is 9.87. The van der Waals surface area contributed by atoms with Crippen LogP contribution in [0, 0.1) is 0 Å². The zero-order chi connectivity index (χ0) is 22.8. The summed E-state index contributed by atoms with van der Waals surface area (Å²) in [6.07, 6.45) is 0.146. The Bertz CT molecular complexity index is 855. The maximum absolute atomic E-state index is 13.0. The van der Waals surface area contributed by atoms with Crippen LogP contribution in [-0.2, 0) is 15.1 Å². The number of carbonyl (C=O) groups is 2. The minimum absolute atomic E-state index is 0.0313. The van der Waals surface area contributed by atoms with Gasteiger partial charge < -0.3 is 20.1 Å². The highest BCUT2D eigenvalue weighted by Gasteiger charge is 2.40. The predicted octanol–water partition coefficient (Wildman–Crippen LogP) is 2.49. The van der Waals surface area contributed by atoms with Gasteiger partial charge in [0.2, 0.25) is 11.8 Å². The molecule has 2 N–H and O–H groups in total. The summed E-state index contributed by atoms with van der Waals surface area (Å²) < 4.78 is 48.6. The summed E-state index contributed by atoms with van der Waals surface area (Å²) in [5.74, 6) is 0.423. The maximum Gasteiger partial charge on any atom is 0.405 e. The SMILES string of the molecule is O=C(CN1CCCC1C(=O)NCC(F)(F)F)NC1(c2ccc3c(c2)OCCO3)CCCC1. The van der Waals surface area contributed by atoms with E-state index in [0.29, 0.717) is 44.1 Å². The second kappa shape index (κ2) is 9.17. The molecule has 2 fully saturated rings. The van der Waals surface area contributed by atoms with Crippen molar-refractivity contribution in [2.75, 3.05) is 32.8 Å². The zero-order valence-corrected chi connectivity index (χ0v) is 17.8. The van der Waals surface area contributed by atoms with E-state index in [4.69, 9.17) is 9.47 Å². The Morgan fingerprint density at radius 3 is 2.53 bits per heavy atom. The Hall–Kier alpha value is -2.49. The van der Waals surface area contributed by atoms with Crippen molar-refractivity contribution in [3.8, 4) is 11.5 Å². The number of alkyl halides is 3. The first kappa shape index (κ1) is 22.7. The number of likely N-dealkylation sites (tertiary alicyclic amines) is 1. The maximum atomic E-state index is 13.0. The Morgan fingerprint density at radius 2 is 1.81 bits per heavy atom. The molecule has 3 aliphatic rings. The molecule has 2 heterocycles. The van der Waals surface area contributed by atoms with Crippen LogP contribution in [0.25, 0.3) is 0 Å². The van der Waals surface area contributed by atoms with Gasteiger partial charge in [0.1, 0.15) is 19.8 Å². The number of hydrogen-bond acceptors (Lipinski definition) is 5. The normalized spacial score (nSPS) is 22.5. The molecule has 176 valence electrons. The van der Waals surface area contributed by atoms with E-state index in [1.807, 2.05) is 23.5 Å². The van der Waals surface area contributed by atoms with Gasteiger partial charge in [-0.05, 0) is 49.9 Å². The van der Waals surface area contributed by atoms with Crippen LogP contribution in [0.3, 0.4) is 0 Å². The van der Waals surface area contributed by atoms with Gasteiger partial charge in [-0.25, -0.2) is 0 Å². The molecule has 1 saturated heterocycles. The quantitative estimate of drug-likeness (QED) is 0.689. The molecule has 32 heavy (non-hydrogen) atoms. The smallest absolute Gasteiger partial charge is 0.405 e. The average Bonchev–Trinajstić information content (AvgIpc) is 3.41. The van der Waals surface area contributed by atoms with Crippen molar-refractivity contribution in [2.45, 2.75) is 56.3 Å². The van der Waals surface area contributed by atoms with Crippen LogP contribution in [0.15, 0.2) is 18.2 Å². The van der Waals surface area contributed by atoms with E-state index in [1.54, 1.807) is 4.90 Å². The highest BCUT2D eigenvalue weighted by Crippen LogP contribution is 2.42. The first-order valence-electron chi connectivity index (χ1n) is 11.1. The third-order valence-corrected chi connectivity index (χ3v) is 6.41. The highest BCUT2D eigenvalue weighted by atomic mass is 19.4. The number of hydrogen-bond donors (Lipinski definition) is 2. The second-order valence-electron chi connectivity index (χ2n) is 8.66. The van der Waals surface area contributed by atoms with E-state index in [-0.39, 0.29) is 12.5 Å².